The fourth-order valence-corrected chi connectivity index (χ4v) is 6.25. The SMILES string of the molecule is CCN(c1ccc2sc(C(=O)Nc3cc(C)ccc3C)cc2c1)S(=O)(=O)c1ccc(Br)cc1. The van der Waals surface area contributed by atoms with E-state index in [9.17, 15) is 13.2 Å². The molecule has 3 aromatic carbocycles. The number of hydrogen-bond acceptors (Lipinski definition) is 4. The van der Waals surface area contributed by atoms with E-state index in [0.29, 0.717) is 10.6 Å². The third-order valence-electron chi connectivity index (χ3n) is 5.34. The lowest BCUT2D eigenvalue weighted by atomic mass is 10.1. The Hall–Kier alpha value is -2.68. The predicted molar refractivity (Wildman–Crippen MR) is 140 cm³/mol. The lowest BCUT2D eigenvalue weighted by Gasteiger charge is -2.23. The molecule has 1 aromatic heterocycles. The van der Waals surface area contributed by atoms with Crippen LogP contribution in [-0.4, -0.2) is 20.9 Å². The fourth-order valence-electron chi connectivity index (χ4n) is 3.58. The molecule has 0 unspecified atom stereocenters. The van der Waals surface area contributed by atoms with Gasteiger partial charge in [0.2, 0.25) is 0 Å². The van der Waals surface area contributed by atoms with E-state index < -0.39 is 10.0 Å². The minimum Gasteiger partial charge on any atom is -0.321 e. The summed E-state index contributed by atoms with van der Waals surface area (Å²) < 4.78 is 29.6. The molecule has 1 N–H and O–H groups in total. The van der Waals surface area contributed by atoms with Gasteiger partial charge in [-0.1, -0.05) is 28.1 Å². The van der Waals surface area contributed by atoms with Crippen LogP contribution in [0.25, 0.3) is 10.1 Å². The van der Waals surface area contributed by atoms with E-state index >= 15 is 0 Å². The van der Waals surface area contributed by atoms with Crippen molar-refractivity contribution in [1.82, 2.24) is 0 Å². The average molecular weight is 544 g/mol. The summed E-state index contributed by atoms with van der Waals surface area (Å²) in [6.45, 7) is 6.03. The summed E-state index contributed by atoms with van der Waals surface area (Å²) in [6.07, 6.45) is 0. The second-order valence-corrected chi connectivity index (χ2v) is 11.6. The highest BCUT2D eigenvalue weighted by Crippen LogP contribution is 2.32. The van der Waals surface area contributed by atoms with Gasteiger partial charge in [-0.2, -0.15) is 0 Å². The van der Waals surface area contributed by atoms with Crippen molar-refractivity contribution in [2.24, 2.45) is 0 Å². The second-order valence-electron chi connectivity index (χ2n) is 7.73. The topological polar surface area (TPSA) is 66.5 Å². The molecule has 0 radical (unpaired) electrons. The molecule has 8 heteroatoms. The highest BCUT2D eigenvalue weighted by atomic mass is 79.9. The maximum absolute atomic E-state index is 13.2. The Labute approximate surface area is 206 Å². The van der Waals surface area contributed by atoms with Crippen molar-refractivity contribution in [2.75, 3.05) is 16.2 Å². The first-order valence-electron chi connectivity index (χ1n) is 10.4. The molecule has 0 bridgehead atoms. The minimum absolute atomic E-state index is 0.179. The molecule has 0 saturated heterocycles. The molecule has 5 nitrogen and oxygen atoms in total. The first kappa shape index (κ1) is 23.5. The van der Waals surface area contributed by atoms with E-state index in [2.05, 4.69) is 21.2 Å². The first-order chi connectivity index (χ1) is 15.7. The zero-order valence-corrected chi connectivity index (χ0v) is 21.6. The number of carbonyl (C=O) groups is 1. The molecule has 0 atom stereocenters. The molecule has 0 aliphatic heterocycles. The number of benzene rings is 3. The minimum atomic E-state index is -3.71. The van der Waals surface area contributed by atoms with Crippen LogP contribution < -0.4 is 9.62 Å². The molecule has 33 heavy (non-hydrogen) atoms. The molecule has 0 saturated carbocycles. The van der Waals surface area contributed by atoms with E-state index in [-0.39, 0.29) is 17.3 Å². The van der Waals surface area contributed by atoms with E-state index in [0.717, 1.165) is 31.4 Å². The molecule has 1 heterocycles. The Balaban J connectivity index is 1.65. The smallest absolute Gasteiger partial charge is 0.265 e. The van der Waals surface area contributed by atoms with Crippen molar-refractivity contribution in [2.45, 2.75) is 25.7 Å². The normalized spacial score (nSPS) is 11.5. The number of nitrogens with zero attached hydrogens (tertiary/aromatic N) is 1. The lowest BCUT2D eigenvalue weighted by Crippen LogP contribution is -2.30. The number of fused-ring (bicyclic) bond motifs is 1. The second kappa shape index (κ2) is 9.29. The van der Waals surface area contributed by atoms with Gasteiger partial charge in [-0.25, -0.2) is 8.42 Å². The van der Waals surface area contributed by atoms with Crippen molar-refractivity contribution in [3.8, 4) is 0 Å². The van der Waals surface area contributed by atoms with Crippen LogP contribution in [0.1, 0.15) is 27.7 Å². The van der Waals surface area contributed by atoms with E-state index in [4.69, 9.17) is 0 Å². The zero-order chi connectivity index (χ0) is 23.8. The number of rotatable bonds is 6. The van der Waals surface area contributed by atoms with Gasteiger partial charge in [-0.3, -0.25) is 9.10 Å². The van der Waals surface area contributed by atoms with Crippen LogP contribution in [0.4, 0.5) is 11.4 Å². The quantitative estimate of drug-likeness (QED) is 0.293. The molecular weight excluding hydrogens is 520 g/mol. The van der Waals surface area contributed by atoms with Gasteiger partial charge in [0.15, 0.2) is 0 Å². The molecule has 170 valence electrons. The third kappa shape index (κ3) is 4.83. The van der Waals surface area contributed by atoms with E-state index in [1.54, 1.807) is 37.3 Å². The Morgan fingerprint density at radius 2 is 1.73 bits per heavy atom. The van der Waals surface area contributed by atoms with Gasteiger partial charge in [0.05, 0.1) is 15.5 Å². The number of aryl methyl sites for hydroxylation is 2. The molecule has 0 spiro atoms. The van der Waals surface area contributed by atoms with Crippen molar-refractivity contribution >= 4 is 64.7 Å². The average Bonchev–Trinajstić information content (AvgIpc) is 3.21. The number of amides is 1. The Bertz CT molecular complexity index is 1440. The van der Waals surface area contributed by atoms with Crippen molar-refractivity contribution in [3.63, 3.8) is 0 Å². The summed E-state index contributed by atoms with van der Waals surface area (Å²) >= 11 is 4.72. The fraction of sp³-hybridized carbons (Fsp3) is 0.160. The molecule has 4 rings (SSSR count). The summed E-state index contributed by atoms with van der Waals surface area (Å²) in [5.74, 6) is -0.179. The van der Waals surface area contributed by atoms with Crippen molar-refractivity contribution in [3.05, 3.63) is 87.2 Å². The van der Waals surface area contributed by atoms with Crippen LogP contribution >= 0.6 is 27.3 Å². The van der Waals surface area contributed by atoms with Gasteiger partial charge < -0.3 is 5.32 Å². The van der Waals surface area contributed by atoms with Gasteiger partial charge >= 0.3 is 0 Å². The van der Waals surface area contributed by atoms with Crippen LogP contribution in [0.3, 0.4) is 0 Å². The molecular formula is C25H23BrN2O3S2. The highest BCUT2D eigenvalue weighted by Gasteiger charge is 2.24. The molecule has 0 aliphatic rings. The summed E-state index contributed by atoms with van der Waals surface area (Å²) in [4.78, 5) is 13.7. The number of halogens is 1. The Morgan fingerprint density at radius 1 is 1.00 bits per heavy atom. The Kier molecular flexibility index (Phi) is 6.61. The number of carbonyl (C=O) groups excluding carboxylic acids is 1. The number of anilines is 2. The van der Waals surface area contributed by atoms with Crippen LogP contribution in [0, 0.1) is 13.8 Å². The summed E-state index contributed by atoms with van der Waals surface area (Å²) in [6, 6.07) is 19.8. The van der Waals surface area contributed by atoms with Crippen LogP contribution in [0.15, 0.2) is 76.1 Å². The summed E-state index contributed by atoms with van der Waals surface area (Å²) in [7, 11) is -3.71. The third-order valence-corrected chi connectivity index (χ3v) is 8.90. The highest BCUT2D eigenvalue weighted by molar-refractivity contribution is 9.10. The van der Waals surface area contributed by atoms with E-state index in [1.165, 1.54) is 15.6 Å². The van der Waals surface area contributed by atoms with Crippen molar-refractivity contribution in [1.29, 1.82) is 0 Å². The van der Waals surface area contributed by atoms with Gasteiger partial charge in [0.25, 0.3) is 15.9 Å². The van der Waals surface area contributed by atoms with Gasteiger partial charge in [0.1, 0.15) is 0 Å². The number of hydrogen-bond donors (Lipinski definition) is 1. The number of nitrogens with one attached hydrogen (secondary N) is 1. The monoisotopic (exact) mass is 542 g/mol. The molecule has 0 fully saturated rings. The van der Waals surface area contributed by atoms with Gasteiger partial charge in [-0.05, 0) is 91.9 Å². The molecule has 4 aromatic rings. The summed E-state index contributed by atoms with van der Waals surface area (Å²) in [5.41, 5.74) is 3.42. The molecule has 0 aliphatic carbocycles. The van der Waals surface area contributed by atoms with Crippen LogP contribution in [0.5, 0.6) is 0 Å². The Morgan fingerprint density at radius 3 is 2.42 bits per heavy atom. The maximum Gasteiger partial charge on any atom is 0.265 e. The maximum atomic E-state index is 13.2. The lowest BCUT2D eigenvalue weighted by molar-refractivity contribution is 0.103. The zero-order valence-electron chi connectivity index (χ0n) is 18.4. The van der Waals surface area contributed by atoms with Crippen molar-refractivity contribution < 1.29 is 13.2 Å². The number of sulfonamides is 1. The van der Waals surface area contributed by atoms with Crippen LogP contribution in [0.2, 0.25) is 0 Å². The predicted octanol–water partition coefficient (Wildman–Crippen LogP) is 6.75. The standard InChI is InChI=1S/C25H23BrN2O3S2/c1-4-28(33(30,31)21-10-7-19(26)8-11-21)20-9-12-23-18(14-20)15-24(32-23)25(29)27-22-13-16(2)5-6-17(22)3/h5-15H,4H2,1-3H3,(H,27,29). The molecule has 1 amide bonds. The van der Waals surface area contributed by atoms with Gasteiger partial charge in [0, 0.05) is 21.4 Å². The first-order valence-corrected chi connectivity index (χ1v) is 13.4. The van der Waals surface area contributed by atoms with E-state index in [1.807, 2.05) is 50.2 Å². The largest absolute Gasteiger partial charge is 0.321 e. The van der Waals surface area contributed by atoms with Crippen LogP contribution in [-0.2, 0) is 10.0 Å². The summed E-state index contributed by atoms with van der Waals surface area (Å²) in [5, 5.41) is 3.82. The number of thiophene rings is 1. The van der Waals surface area contributed by atoms with Gasteiger partial charge in [-0.15, -0.1) is 11.3 Å².